The molecule has 1 rings (SSSR count). The van der Waals surface area contributed by atoms with E-state index in [0.29, 0.717) is 0 Å². The lowest BCUT2D eigenvalue weighted by Gasteiger charge is -2.11. The summed E-state index contributed by atoms with van der Waals surface area (Å²) in [5.74, 6) is 2.72. The van der Waals surface area contributed by atoms with Crippen molar-refractivity contribution in [3.05, 3.63) is 41.0 Å². The topological polar surface area (TPSA) is 0 Å². The smallest absolute Gasteiger partial charge is 0.0278 e. The van der Waals surface area contributed by atoms with E-state index in [4.69, 9.17) is 6.42 Å². The van der Waals surface area contributed by atoms with Gasteiger partial charge in [-0.3, -0.25) is 0 Å². The van der Waals surface area contributed by atoms with Crippen LogP contribution in [0.25, 0.3) is 5.57 Å². The van der Waals surface area contributed by atoms with Gasteiger partial charge in [-0.1, -0.05) is 31.9 Å². The highest BCUT2D eigenvalue weighted by Crippen LogP contribution is 2.24. The van der Waals surface area contributed by atoms with Crippen LogP contribution < -0.4 is 0 Å². The number of hydrogen-bond acceptors (Lipinski definition) is 0. The quantitative estimate of drug-likeness (QED) is 0.641. The van der Waals surface area contributed by atoms with E-state index in [-0.39, 0.29) is 0 Å². The summed E-state index contributed by atoms with van der Waals surface area (Å²) >= 11 is 0. The van der Waals surface area contributed by atoms with Crippen molar-refractivity contribution in [2.24, 2.45) is 0 Å². The van der Waals surface area contributed by atoms with Gasteiger partial charge < -0.3 is 0 Å². The van der Waals surface area contributed by atoms with Crippen LogP contribution in [-0.4, -0.2) is 0 Å². The summed E-state index contributed by atoms with van der Waals surface area (Å²) in [5.41, 5.74) is 5.82. The van der Waals surface area contributed by atoms with E-state index in [1.807, 2.05) is 0 Å². The largest absolute Gasteiger partial charge is 0.115 e. The first-order valence-corrected chi connectivity index (χ1v) is 5.36. The van der Waals surface area contributed by atoms with Crippen LogP contribution in [0.3, 0.4) is 0 Å². The SMILES string of the molecule is C#Cc1cc(C(=C)CCC)c(C)cc1C. The maximum Gasteiger partial charge on any atom is 0.0278 e. The number of benzene rings is 1. The van der Waals surface area contributed by atoms with Gasteiger partial charge in [0.2, 0.25) is 0 Å². The maximum atomic E-state index is 5.46. The van der Waals surface area contributed by atoms with E-state index in [0.717, 1.165) is 18.4 Å². The molecular formula is C15H18. The molecule has 0 aliphatic rings. The highest BCUT2D eigenvalue weighted by Gasteiger charge is 2.05. The molecule has 0 bridgehead atoms. The van der Waals surface area contributed by atoms with E-state index in [1.165, 1.54) is 22.3 Å². The normalized spacial score (nSPS) is 9.73. The zero-order chi connectivity index (χ0) is 11.4. The van der Waals surface area contributed by atoms with Gasteiger partial charge >= 0.3 is 0 Å². The van der Waals surface area contributed by atoms with Crippen LogP contribution in [0, 0.1) is 26.2 Å². The Morgan fingerprint density at radius 3 is 2.53 bits per heavy atom. The Balaban J connectivity index is 3.20. The first-order valence-electron chi connectivity index (χ1n) is 5.36. The molecule has 0 aliphatic heterocycles. The van der Waals surface area contributed by atoms with Crippen LogP contribution in [0.4, 0.5) is 0 Å². The second-order valence-electron chi connectivity index (χ2n) is 3.98. The number of allylic oxidation sites excluding steroid dienone is 1. The molecule has 78 valence electrons. The van der Waals surface area contributed by atoms with Crippen molar-refractivity contribution in [3.63, 3.8) is 0 Å². The molecule has 0 saturated heterocycles. The third-order valence-electron chi connectivity index (χ3n) is 2.66. The molecule has 1 aromatic carbocycles. The lowest BCUT2D eigenvalue weighted by atomic mass is 9.94. The second-order valence-corrected chi connectivity index (χ2v) is 3.98. The van der Waals surface area contributed by atoms with Crippen molar-refractivity contribution < 1.29 is 0 Å². The van der Waals surface area contributed by atoms with Crippen molar-refractivity contribution >= 4 is 5.57 Å². The molecule has 15 heavy (non-hydrogen) atoms. The van der Waals surface area contributed by atoms with Crippen LogP contribution in [-0.2, 0) is 0 Å². The molecule has 0 nitrogen and oxygen atoms in total. The van der Waals surface area contributed by atoms with Crippen LogP contribution >= 0.6 is 0 Å². The molecule has 0 saturated carbocycles. The Bertz CT molecular complexity index is 416. The molecule has 0 spiro atoms. The first kappa shape index (κ1) is 11.6. The molecule has 0 unspecified atom stereocenters. The molecule has 0 atom stereocenters. The Morgan fingerprint density at radius 1 is 1.33 bits per heavy atom. The average Bonchev–Trinajstić information content (AvgIpc) is 2.18. The lowest BCUT2D eigenvalue weighted by molar-refractivity contribution is 0.973. The fourth-order valence-electron chi connectivity index (χ4n) is 1.83. The second kappa shape index (κ2) is 4.84. The highest BCUT2D eigenvalue weighted by molar-refractivity contribution is 5.68. The van der Waals surface area contributed by atoms with Crippen molar-refractivity contribution in [1.82, 2.24) is 0 Å². The highest BCUT2D eigenvalue weighted by atomic mass is 14.1. The van der Waals surface area contributed by atoms with Crippen LogP contribution in [0.1, 0.15) is 42.0 Å². The molecule has 1 aromatic rings. The minimum atomic E-state index is 0.979. The summed E-state index contributed by atoms with van der Waals surface area (Å²) in [4.78, 5) is 0. The predicted octanol–water partition coefficient (Wildman–Crippen LogP) is 4.10. The minimum Gasteiger partial charge on any atom is -0.115 e. The zero-order valence-corrected chi connectivity index (χ0v) is 9.85. The Labute approximate surface area is 93.0 Å². The summed E-state index contributed by atoms with van der Waals surface area (Å²) in [7, 11) is 0. The standard InChI is InChI=1S/C15H18/c1-6-8-11(3)15-10-14(7-2)12(4)9-13(15)5/h2,9-10H,3,6,8H2,1,4-5H3. The fourth-order valence-corrected chi connectivity index (χ4v) is 1.83. The lowest BCUT2D eigenvalue weighted by Crippen LogP contribution is -1.92. The molecule has 0 amide bonds. The Hall–Kier alpha value is -1.48. The third-order valence-corrected chi connectivity index (χ3v) is 2.66. The van der Waals surface area contributed by atoms with Gasteiger partial charge in [0.05, 0.1) is 0 Å². The summed E-state index contributed by atoms with van der Waals surface area (Å²) in [6.07, 6.45) is 7.62. The van der Waals surface area contributed by atoms with Gasteiger partial charge in [0.1, 0.15) is 0 Å². The van der Waals surface area contributed by atoms with Gasteiger partial charge in [0.15, 0.2) is 0 Å². The molecule has 0 heterocycles. The van der Waals surface area contributed by atoms with Crippen molar-refractivity contribution in [2.75, 3.05) is 0 Å². The summed E-state index contributed by atoms with van der Waals surface area (Å²) < 4.78 is 0. The van der Waals surface area contributed by atoms with Gasteiger partial charge in [-0.15, -0.1) is 6.42 Å². The third kappa shape index (κ3) is 2.50. The predicted molar refractivity (Wildman–Crippen MR) is 67.8 cm³/mol. The molecule has 0 heteroatoms. The van der Waals surface area contributed by atoms with E-state index >= 15 is 0 Å². The van der Waals surface area contributed by atoms with E-state index < -0.39 is 0 Å². The summed E-state index contributed by atoms with van der Waals surface area (Å²) in [6, 6.07) is 4.23. The molecule has 0 fully saturated rings. The fraction of sp³-hybridized carbons (Fsp3) is 0.333. The first-order chi connectivity index (χ1) is 7.10. The Kier molecular flexibility index (Phi) is 3.74. The van der Waals surface area contributed by atoms with Gasteiger partial charge in [-0.2, -0.15) is 0 Å². The Morgan fingerprint density at radius 2 is 2.00 bits per heavy atom. The number of terminal acetylenes is 1. The van der Waals surface area contributed by atoms with Gasteiger partial charge in [0.25, 0.3) is 0 Å². The number of rotatable bonds is 3. The van der Waals surface area contributed by atoms with Gasteiger partial charge in [-0.25, -0.2) is 0 Å². The maximum absolute atomic E-state index is 5.46. The van der Waals surface area contributed by atoms with Gasteiger partial charge in [-0.05, 0) is 48.6 Å². The molecule has 0 radical (unpaired) electrons. The average molecular weight is 198 g/mol. The van der Waals surface area contributed by atoms with E-state index in [9.17, 15) is 0 Å². The van der Waals surface area contributed by atoms with E-state index in [2.05, 4.69) is 45.4 Å². The van der Waals surface area contributed by atoms with Crippen molar-refractivity contribution in [1.29, 1.82) is 0 Å². The number of aryl methyl sites for hydroxylation is 2. The van der Waals surface area contributed by atoms with Gasteiger partial charge in [0, 0.05) is 5.56 Å². The monoisotopic (exact) mass is 198 g/mol. The molecule has 0 aromatic heterocycles. The molecule has 0 aliphatic carbocycles. The minimum absolute atomic E-state index is 0.979. The van der Waals surface area contributed by atoms with Crippen molar-refractivity contribution in [2.45, 2.75) is 33.6 Å². The van der Waals surface area contributed by atoms with Crippen LogP contribution in [0.2, 0.25) is 0 Å². The zero-order valence-electron chi connectivity index (χ0n) is 9.85. The number of hydrogen-bond donors (Lipinski definition) is 0. The summed E-state index contributed by atoms with van der Waals surface area (Å²) in [5, 5.41) is 0. The molecule has 0 N–H and O–H groups in total. The van der Waals surface area contributed by atoms with Crippen molar-refractivity contribution in [3.8, 4) is 12.3 Å². The summed E-state index contributed by atoms with van der Waals surface area (Å²) in [6.45, 7) is 10.4. The van der Waals surface area contributed by atoms with Crippen LogP contribution in [0.15, 0.2) is 18.7 Å². The molecular weight excluding hydrogens is 180 g/mol. The van der Waals surface area contributed by atoms with E-state index in [1.54, 1.807) is 0 Å². The van der Waals surface area contributed by atoms with Crippen LogP contribution in [0.5, 0.6) is 0 Å².